The predicted molar refractivity (Wildman–Crippen MR) is 88.4 cm³/mol. The van der Waals surface area contributed by atoms with Gasteiger partial charge in [-0.1, -0.05) is 6.92 Å². The van der Waals surface area contributed by atoms with E-state index in [2.05, 4.69) is 63.5 Å². The number of nitrogens with one attached hydrogen (secondary N) is 1. The summed E-state index contributed by atoms with van der Waals surface area (Å²) in [5.41, 5.74) is 2.46. The minimum Gasteiger partial charge on any atom is -0.347 e. The Morgan fingerprint density at radius 2 is 2.26 bits per heavy atom. The maximum absolute atomic E-state index is 4.66. The van der Waals surface area contributed by atoms with Gasteiger partial charge in [0.2, 0.25) is 0 Å². The summed E-state index contributed by atoms with van der Waals surface area (Å²) in [7, 11) is 2.10. The monoisotopic (exact) mass is 359 g/mol. The number of aryl methyl sites for hydroxylation is 1. The molecule has 2 aromatic rings. The number of aromatic nitrogens is 1. The van der Waals surface area contributed by atoms with Crippen LogP contribution in [0, 0.1) is 6.92 Å². The Morgan fingerprint density at radius 1 is 1.47 bits per heavy atom. The van der Waals surface area contributed by atoms with E-state index in [9.17, 15) is 0 Å². The van der Waals surface area contributed by atoms with Crippen molar-refractivity contribution in [3.8, 4) is 0 Å². The average Bonchev–Trinajstić information content (AvgIpc) is 2.93. The van der Waals surface area contributed by atoms with Crippen LogP contribution in [0.25, 0.3) is 0 Å². The third kappa shape index (κ3) is 4.02. The molecule has 0 saturated heterocycles. The summed E-state index contributed by atoms with van der Waals surface area (Å²) in [5, 5.41) is 6.63. The van der Waals surface area contributed by atoms with Gasteiger partial charge >= 0.3 is 0 Å². The standard InChI is InChI=1S/C13H18BrN3S2/c1-4-15-6-11-9(2)16-13(19-11)17(3)7-10-5-12(14)18-8-10/h5,8,15H,4,6-7H2,1-3H3. The van der Waals surface area contributed by atoms with Crippen molar-refractivity contribution in [2.75, 3.05) is 18.5 Å². The van der Waals surface area contributed by atoms with Gasteiger partial charge in [0.25, 0.3) is 0 Å². The van der Waals surface area contributed by atoms with E-state index >= 15 is 0 Å². The van der Waals surface area contributed by atoms with Crippen LogP contribution in [0.1, 0.15) is 23.1 Å². The number of halogens is 1. The van der Waals surface area contributed by atoms with E-state index in [1.807, 2.05) is 0 Å². The maximum Gasteiger partial charge on any atom is 0.185 e. The molecule has 0 saturated carbocycles. The number of nitrogens with zero attached hydrogens (tertiary/aromatic N) is 2. The molecule has 0 bridgehead atoms. The van der Waals surface area contributed by atoms with Gasteiger partial charge in [-0.05, 0) is 46.4 Å². The molecule has 0 aromatic carbocycles. The normalized spacial score (nSPS) is 10.9. The van der Waals surface area contributed by atoms with E-state index in [1.165, 1.54) is 14.2 Å². The van der Waals surface area contributed by atoms with Crippen LogP contribution in [0.5, 0.6) is 0 Å². The Morgan fingerprint density at radius 3 is 2.89 bits per heavy atom. The predicted octanol–water partition coefficient (Wildman–Crippen LogP) is 4.02. The largest absolute Gasteiger partial charge is 0.347 e. The zero-order valence-corrected chi connectivity index (χ0v) is 14.6. The van der Waals surface area contributed by atoms with Gasteiger partial charge in [-0.3, -0.25) is 0 Å². The average molecular weight is 360 g/mol. The summed E-state index contributed by atoms with van der Waals surface area (Å²) < 4.78 is 1.18. The fraction of sp³-hybridized carbons (Fsp3) is 0.462. The fourth-order valence-electron chi connectivity index (χ4n) is 1.75. The number of hydrogen-bond donors (Lipinski definition) is 1. The second-order valence-electron chi connectivity index (χ2n) is 4.40. The first-order valence-electron chi connectivity index (χ1n) is 6.21. The van der Waals surface area contributed by atoms with Gasteiger partial charge in [0.1, 0.15) is 0 Å². The second kappa shape index (κ2) is 6.83. The molecule has 19 heavy (non-hydrogen) atoms. The highest BCUT2D eigenvalue weighted by Crippen LogP contribution is 2.28. The first-order valence-corrected chi connectivity index (χ1v) is 8.70. The Bertz CT molecular complexity index is 536. The number of anilines is 1. The second-order valence-corrected chi connectivity index (χ2v) is 7.75. The van der Waals surface area contributed by atoms with E-state index < -0.39 is 0 Å². The van der Waals surface area contributed by atoms with Crippen molar-refractivity contribution in [1.82, 2.24) is 10.3 Å². The van der Waals surface area contributed by atoms with Gasteiger partial charge in [-0.25, -0.2) is 4.98 Å². The molecule has 2 aromatic heterocycles. The van der Waals surface area contributed by atoms with Crippen molar-refractivity contribution in [3.05, 3.63) is 31.4 Å². The van der Waals surface area contributed by atoms with Gasteiger partial charge in [0.15, 0.2) is 5.13 Å². The highest BCUT2D eigenvalue weighted by molar-refractivity contribution is 9.11. The number of rotatable bonds is 6. The van der Waals surface area contributed by atoms with Gasteiger partial charge in [0.05, 0.1) is 9.48 Å². The maximum atomic E-state index is 4.66. The van der Waals surface area contributed by atoms with Crippen LogP contribution in [0.2, 0.25) is 0 Å². The Hall–Kier alpha value is -0.430. The molecule has 0 spiro atoms. The molecule has 0 unspecified atom stereocenters. The molecule has 2 rings (SSSR count). The van der Waals surface area contributed by atoms with E-state index in [-0.39, 0.29) is 0 Å². The minimum absolute atomic E-state index is 0.899. The third-order valence-corrected chi connectivity index (χ3v) is 5.61. The van der Waals surface area contributed by atoms with Crippen molar-refractivity contribution in [3.63, 3.8) is 0 Å². The van der Waals surface area contributed by atoms with Crippen LogP contribution in [0.4, 0.5) is 5.13 Å². The Balaban J connectivity index is 2.04. The molecule has 0 radical (unpaired) electrons. The highest BCUT2D eigenvalue weighted by atomic mass is 79.9. The van der Waals surface area contributed by atoms with Crippen LogP contribution in [0.3, 0.4) is 0 Å². The lowest BCUT2D eigenvalue weighted by molar-refractivity contribution is 0.731. The van der Waals surface area contributed by atoms with Gasteiger partial charge in [-0.15, -0.1) is 22.7 Å². The summed E-state index contributed by atoms with van der Waals surface area (Å²) in [6, 6.07) is 2.17. The molecule has 3 nitrogen and oxygen atoms in total. The first-order chi connectivity index (χ1) is 9.10. The molecule has 1 N–H and O–H groups in total. The fourth-order valence-corrected chi connectivity index (χ4v) is 3.94. The molecule has 0 amide bonds. The van der Waals surface area contributed by atoms with Gasteiger partial charge in [-0.2, -0.15) is 0 Å². The lowest BCUT2D eigenvalue weighted by atomic mass is 10.3. The van der Waals surface area contributed by atoms with Gasteiger partial charge in [0, 0.05) is 25.0 Å². The minimum atomic E-state index is 0.899. The van der Waals surface area contributed by atoms with E-state index in [1.54, 1.807) is 22.7 Å². The summed E-state index contributed by atoms with van der Waals surface area (Å²) >= 11 is 7.00. The van der Waals surface area contributed by atoms with Crippen molar-refractivity contribution in [1.29, 1.82) is 0 Å². The van der Waals surface area contributed by atoms with E-state index in [0.717, 1.165) is 30.5 Å². The lowest BCUT2D eigenvalue weighted by Crippen LogP contribution is -2.15. The summed E-state index contributed by atoms with van der Waals surface area (Å²) in [5.74, 6) is 0. The summed E-state index contributed by atoms with van der Waals surface area (Å²) in [6.07, 6.45) is 0. The van der Waals surface area contributed by atoms with Gasteiger partial charge < -0.3 is 10.2 Å². The van der Waals surface area contributed by atoms with Crippen LogP contribution in [-0.2, 0) is 13.1 Å². The molecular formula is C13H18BrN3S2. The molecule has 0 aliphatic heterocycles. The van der Waals surface area contributed by atoms with Crippen LogP contribution >= 0.6 is 38.6 Å². The molecule has 104 valence electrons. The van der Waals surface area contributed by atoms with Crippen LogP contribution in [-0.4, -0.2) is 18.6 Å². The number of hydrogen-bond acceptors (Lipinski definition) is 5. The Labute approximate surface area is 130 Å². The summed E-state index contributed by atoms with van der Waals surface area (Å²) in [6.45, 7) is 7.01. The first kappa shape index (κ1) is 15.0. The molecule has 2 heterocycles. The lowest BCUT2D eigenvalue weighted by Gasteiger charge is -2.14. The zero-order valence-electron chi connectivity index (χ0n) is 11.4. The highest BCUT2D eigenvalue weighted by Gasteiger charge is 2.11. The quantitative estimate of drug-likeness (QED) is 0.843. The number of thiazole rings is 1. The van der Waals surface area contributed by atoms with Crippen molar-refractivity contribution in [2.45, 2.75) is 26.9 Å². The third-order valence-electron chi connectivity index (χ3n) is 2.78. The molecule has 0 atom stereocenters. The molecular weight excluding hydrogens is 342 g/mol. The van der Waals surface area contributed by atoms with E-state index in [4.69, 9.17) is 0 Å². The molecule has 6 heteroatoms. The number of thiophene rings is 1. The van der Waals surface area contributed by atoms with Crippen molar-refractivity contribution >= 4 is 43.7 Å². The van der Waals surface area contributed by atoms with Crippen molar-refractivity contribution < 1.29 is 0 Å². The zero-order chi connectivity index (χ0) is 13.8. The molecule has 0 aliphatic carbocycles. The van der Waals surface area contributed by atoms with Crippen LogP contribution < -0.4 is 10.2 Å². The molecule has 0 fully saturated rings. The topological polar surface area (TPSA) is 28.2 Å². The summed E-state index contributed by atoms with van der Waals surface area (Å²) in [4.78, 5) is 8.20. The van der Waals surface area contributed by atoms with E-state index in [0.29, 0.717) is 0 Å². The Kier molecular flexibility index (Phi) is 5.38. The van der Waals surface area contributed by atoms with Crippen LogP contribution in [0.15, 0.2) is 15.2 Å². The van der Waals surface area contributed by atoms with Crippen molar-refractivity contribution in [2.24, 2.45) is 0 Å². The SMILES string of the molecule is CCNCc1sc(N(C)Cc2csc(Br)c2)nc1C. The molecule has 0 aliphatic rings. The smallest absolute Gasteiger partial charge is 0.185 e.